The van der Waals surface area contributed by atoms with Crippen molar-refractivity contribution in [1.82, 2.24) is 0 Å². The fraction of sp³-hybridized carbons (Fsp3) is 0. The van der Waals surface area contributed by atoms with Gasteiger partial charge in [-0.1, -0.05) is 35.2 Å². The van der Waals surface area contributed by atoms with E-state index in [4.69, 9.17) is 35.4 Å². The Bertz CT molecular complexity index is 697. The fourth-order valence-electron chi connectivity index (χ4n) is 1.63. The van der Waals surface area contributed by atoms with Gasteiger partial charge >= 0.3 is 0 Å². The van der Waals surface area contributed by atoms with Gasteiger partial charge in [0.2, 0.25) is 0 Å². The van der Waals surface area contributed by atoms with E-state index >= 15 is 0 Å². The van der Waals surface area contributed by atoms with Crippen LogP contribution in [0.25, 0.3) is 0 Å². The molecule has 2 rings (SSSR count). The number of benzene rings is 2. The van der Waals surface area contributed by atoms with Crippen LogP contribution < -0.4 is 11.1 Å². The summed E-state index contributed by atoms with van der Waals surface area (Å²) in [6.45, 7) is 0. The van der Waals surface area contributed by atoms with Crippen LogP contribution in [0.4, 0.5) is 11.4 Å². The van der Waals surface area contributed by atoms with Crippen LogP contribution in [-0.4, -0.2) is 5.91 Å². The van der Waals surface area contributed by atoms with Gasteiger partial charge in [0.05, 0.1) is 15.7 Å². The minimum Gasteiger partial charge on any atom is -0.397 e. The number of amides is 1. The van der Waals surface area contributed by atoms with Crippen molar-refractivity contribution in [3.8, 4) is 12.3 Å². The molecule has 3 N–H and O–H groups in total. The van der Waals surface area contributed by atoms with Crippen LogP contribution in [-0.2, 0) is 0 Å². The Morgan fingerprint density at radius 2 is 2.00 bits per heavy atom. The van der Waals surface area contributed by atoms with Gasteiger partial charge in [-0.15, -0.1) is 6.42 Å². The number of nitrogens with two attached hydrogens (primary N) is 1. The summed E-state index contributed by atoms with van der Waals surface area (Å²) in [5, 5.41) is 3.18. The Hall–Kier alpha value is -2.15. The molecular formula is C15H10Cl2N2O. The molecule has 5 heteroatoms. The van der Waals surface area contributed by atoms with E-state index < -0.39 is 0 Å². The zero-order chi connectivity index (χ0) is 14.7. The molecule has 0 aromatic heterocycles. The summed E-state index contributed by atoms with van der Waals surface area (Å²) >= 11 is 11.7. The van der Waals surface area contributed by atoms with Crippen LogP contribution in [0.1, 0.15) is 15.9 Å². The Morgan fingerprint density at radius 3 is 2.65 bits per heavy atom. The molecule has 1 amide bonds. The summed E-state index contributed by atoms with van der Waals surface area (Å²) in [5.74, 6) is 2.15. The van der Waals surface area contributed by atoms with Crippen molar-refractivity contribution >= 4 is 40.5 Å². The number of nitrogen functional groups attached to an aromatic ring is 1. The van der Waals surface area contributed by atoms with Crippen molar-refractivity contribution < 1.29 is 4.79 Å². The second-order valence-corrected chi connectivity index (χ2v) is 4.83. The number of hydrogen-bond acceptors (Lipinski definition) is 2. The maximum Gasteiger partial charge on any atom is 0.255 e. The molecule has 0 fully saturated rings. The van der Waals surface area contributed by atoms with E-state index in [1.807, 2.05) is 0 Å². The lowest BCUT2D eigenvalue weighted by molar-refractivity contribution is 0.102. The lowest BCUT2D eigenvalue weighted by Crippen LogP contribution is -2.12. The van der Waals surface area contributed by atoms with E-state index in [1.165, 1.54) is 12.1 Å². The largest absolute Gasteiger partial charge is 0.397 e. The Labute approximate surface area is 126 Å². The van der Waals surface area contributed by atoms with Crippen LogP contribution in [0.2, 0.25) is 10.0 Å². The van der Waals surface area contributed by atoms with E-state index in [0.29, 0.717) is 16.8 Å². The molecule has 3 nitrogen and oxygen atoms in total. The molecule has 0 unspecified atom stereocenters. The van der Waals surface area contributed by atoms with E-state index in [1.54, 1.807) is 24.3 Å². The van der Waals surface area contributed by atoms with Gasteiger partial charge in [-0.2, -0.15) is 0 Å². The van der Waals surface area contributed by atoms with Gasteiger partial charge in [-0.05, 0) is 30.3 Å². The van der Waals surface area contributed by atoms with Crippen LogP contribution in [0, 0.1) is 12.3 Å². The maximum absolute atomic E-state index is 12.1. The Morgan fingerprint density at radius 1 is 1.25 bits per heavy atom. The summed E-state index contributed by atoms with van der Waals surface area (Å²) in [6, 6.07) is 9.88. The van der Waals surface area contributed by atoms with Crippen molar-refractivity contribution in [3.63, 3.8) is 0 Å². The molecule has 20 heavy (non-hydrogen) atoms. The summed E-state index contributed by atoms with van der Waals surface area (Å²) in [7, 11) is 0. The summed E-state index contributed by atoms with van der Waals surface area (Å²) < 4.78 is 0. The van der Waals surface area contributed by atoms with E-state index in [2.05, 4.69) is 11.2 Å². The normalized spacial score (nSPS) is 9.85. The van der Waals surface area contributed by atoms with Crippen molar-refractivity contribution in [1.29, 1.82) is 0 Å². The first-order valence-electron chi connectivity index (χ1n) is 5.64. The molecule has 2 aromatic rings. The zero-order valence-corrected chi connectivity index (χ0v) is 11.8. The molecule has 0 spiro atoms. The SMILES string of the molecule is C#Cc1cccc(NC(=O)c2cc(N)c(Cl)c(Cl)c2)c1. The van der Waals surface area contributed by atoms with Gasteiger partial charge in [-0.3, -0.25) is 4.79 Å². The van der Waals surface area contributed by atoms with Gasteiger partial charge < -0.3 is 11.1 Å². The second-order valence-electron chi connectivity index (χ2n) is 4.04. The molecule has 100 valence electrons. The monoisotopic (exact) mass is 304 g/mol. The first-order valence-corrected chi connectivity index (χ1v) is 6.39. The van der Waals surface area contributed by atoms with E-state index in [9.17, 15) is 4.79 Å². The number of halogens is 2. The molecule has 0 saturated carbocycles. The predicted molar refractivity (Wildman–Crippen MR) is 83.2 cm³/mol. The molecule has 2 aromatic carbocycles. The highest BCUT2D eigenvalue weighted by Gasteiger charge is 2.11. The number of carbonyl (C=O) groups excluding carboxylic acids is 1. The molecule has 0 radical (unpaired) electrons. The first kappa shape index (κ1) is 14.3. The number of nitrogens with one attached hydrogen (secondary N) is 1. The van der Waals surface area contributed by atoms with Gasteiger partial charge in [0, 0.05) is 16.8 Å². The number of rotatable bonds is 2. The standard InChI is InChI=1S/C15H10Cl2N2O/c1-2-9-4-3-5-11(6-9)19-15(20)10-7-12(16)14(17)13(18)8-10/h1,3-8H,18H2,(H,19,20). The number of terminal acetylenes is 1. The topological polar surface area (TPSA) is 55.1 Å². The highest BCUT2D eigenvalue weighted by atomic mass is 35.5. The van der Waals surface area contributed by atoms with Crippen molar-refractivity contribution in [3.05, 3.63) is 57.6 Å². The molecule has 0 aliphatic heterocycles. The van der Waals surface area contributed by atoms with E-state index in [0.717, 1.165) is 0 Å². The average Bonchev–Trinajstić information content (AvgIpc) is 2.44. The first-order chi connectivity index (χ1) is 9.51. The minimum atomic E-state index is -0.343. The lowest BCUT2D eigenvalue weighted by atomic mass is 10.1. The molecule has 0 aliphatic carbocycles. The predicted octanol–water partition coefficient (Wildman–Crippen LogP) is 3.81. The quantitative estimate of drug-likeness (QED) is 0.655. The van der Waals surface area contributed by atoms with Gasteiger partial charge in [-0.25, -0.2) is 0 Å². The smallest absolute Gasteiger partial charge is 0.255 e. The molecule has 0 atom stereocenters. The van der Waals surface area contributed by atoms with Crippen LogP contribution >= 0.6 is 23.2 Å². The molecule has 0 saturated heterocycles. The third-order valence-electron chi connectivity index (χ3n) is 2.61. The van der Waals surface area contributed by atoms with Gasteiger partial charge in [0.15, 0.2) is 0 Å². The van der Waals surface area contributed by atoms with Gasteiger partial charge in [0.1, 0.15) is 0 Å². The fourth-order valence-corrected chi connectivity index (χ4v) is 1.97. The number of anilines is 2. The lowest BCUT2D eigenvalue weighted by Gasteiger charge is -2.08. The molecule has 0 heterocycles. The third-order valence-corrected chi connectivity index (χ3v) is 3.42. The summed E-state index contributed by atoms with van der Waals surface area (Å²) in [4.78, 5) is 12.1. The van der Waals surface area contributed by atoms with Crippen LogP contribution in [0.3, 0.4) is 0 Å². The highest BCUT2D eigenvalue weighted by molar-refractivity contribution is 6.44. The van der Waals surface area contributed by atoms with Crippen molar-refractivity contribution in [2.75, 3.05) is 11.1 Å². The number of carbonyl (C=O) groups is 1. The van der Waals surface area contributed by atoms with Crippen LogP contribution in [0.15, 0.2) is 36.4 Å². The molecular weight excluding hydrogens is 295 g/mol. The zero-order valence-electron chi connectivity index (χ0n) is 10.3. The molecule has 0 aliphatic rings. The average molecular weight is 305 g/mol. The second kappa shape index (κ2) is 5.87. The van der Waals surface area contributed by atoms with Crippen LogP contribution in [0.5, 0.6) is 0 Å². The van der Waals surface area contributed by atoms with E-state index in [-0.39, 0.29) is 21.6 Å². The Balaban J connectivity index is 2.26. The number of hydrogen-bond donors (Lipinski definition) is 2. The third kappa shape index (κ3) is 3.05. The van der Waals surface area contributed by atoms with Crippen molar-refractivity contribution in [2.45, 2.75) is 0 Å². The van der Waals surface area contributed by atoms with Crippen molar-refractivity contribution in [2.24, 2.45) is 0 Å². The maximum atomic E-state index is 12.1. The highest BCUT2D eigenvalue weighted by Crippen LogP contribution is 2.29. The minimum absolute atomic E-state index is 0.231. The Kier molecular flexibility index (Phi) is 4.19. The summed E-state index contributed by atoms with van der Waals surface area (Å²) in [5.41, 5.74) is 7.52. The summed E-state index contributed by atoms with van der Waals surface area (Å²) in [6.07, 6.45) is 5.31. The molecule has 0 bridgehead atoms. The van der Waals surface area contributed by atoms with Gasteiger partial charge in [0.25, 0.3) is 5.91 Å².